The van der Waals surface area contributed by atoms with Crippen LogP contribution in [0.4, 0.5) is 0 Å². The van der Waals surface area contributed by atoms with Crippen LogP contribution in [-0.4, -0.2) is 22.2 Å². The molecule has 0 bridgehead atoms. The molecule has 0 N–H and O–H groups in total. The Morgan fingerprint density at radius 3 is 2.58 bits per heavy atom. The van der Waals surface area contributed by atoms with Crippen molar-refractivity contribution in [2.45, 2.75) is 13.8 Å². The Kier molecular flexibility index (Phi) is 4.66. The van der Waals surface area contributed by atoms with E-state index in [0.717, 1.165) is 16.3 Å². The Balaban J connectivity index is 2.36. The van der Waals surface area contributed by atoms with E-state index in [0.29, 0.717) is 6.61 Å². The average molecular weight is 270 g/mol. The monoisotopic (exact) mass is 270 g/mol. The summed E-state index contributed by atoms with van der Waals surface area (Å²) in [5, 5.41) is 1.09. The molecule has 0 saturated carbocycles. The molecule has 0 aliphatic rings. The van der Waals surface area contributed by atoms with E-state index in [1.807, 2.05) is 56.3 Å². The van der Waals surface area contributed by atoms with Gasteiger partial charge in [0.25, 0.3) is 0 Å². The Morgan fingerprint density at radius 1 is 1.16 bits per heavy atom. The standard InChI is InChI=1S/C16H18O2Si/c1-3-18-19-15-11-12(2)9-10-14(15)16(17)13-7-5-4-6-8-13/h4-11H,3,19H2,1-2H3. The van der Waals surface area contributed by atoms with Crippen molar-refractivity contribution in [1.82, 2.24) is 0 Å². The lowest BCUT2D eigenvalue weighted by molar-refractivity contribution is 0.103. The molecule has 0 aromatic heterocycles. The number of carbonyl (C=O) groups excluding carboxylic acids is 1. The van der Waals surface area contributed by atoms with Crippen LogP contribution in [0.25, 0.3) is 0 Å². The fourth-order valence-corrected chi connectivity index (χ4v) is 3.28. The number of ketones is 1. The highest BCUT2D eigenvalue weighted by atomic mass is 28.2. The first-order chi connectivity index (χ1) is 9.22. The fourth-order valence-electron chi connectivity index (χ4n) is 2.02. The molecule has 0 aliphatic carbocycles. The van der Waals surface area contributed by atoms with Crippen molar-refractivity contribution in [3.63, 3.8) is 0 Å². The van der Waals surface area contributed by atoms with E-state index in [1.165, 1.54) is 5.56 Å². The van der Waals surface area contributed by atoms with E-state index < -0.39 is 9.76 Å². The predicted octanol–water partition coefficient (Wildman–Crippen LogP) is 1.97. The Hall–Kier alpha value is -1.71. The summed E-state index contributed by atoms with van der Waals surface area (Å²) in [5.74, 6) is 0.0859. The Bertz CT molecular complexity index is 564. The molecule has 2 nitrogen and oxygen atoms in total. The highest BCUT2D eigenvalue weighted by Crippen LogP contribution is 2.09. The molecule has 2 aromatic carbocycles. The molecule has 0 spiro atoms. The molecule has 0 radical (unpaired) electrons. The van der Waals surface area contributed by atoms with Gasteiger partial charge in [-0.05, 0) is 19.0 Å². The minimum absolute atomic E-state index is 0.0859. The summed E-state index contributed by atoms with van der Waals surface area (Å²) >= 11 is 0. The molecule has 0 amide bonds. The maximum atomic E-state index is 12.5. The highest BCUT2D eigenvalue weighted by Gasteiger charge is 2.13. The number of carbonyl (C=O) groups is 1. The van der Waals surface area contributed by atoms with Crippen LogP contribution >= 0.6 is 0 Å². The maximum Gasteiger partial charge on any atom is 0.192 e. The van der Waals surface area contributed by atoms with E-state index in [2.05, 4.69) is 6.07 Å². The van der Waals surface area contributed by atoms with Gasteiger partial charge in [0.2, 0.25) is 0 Å². The van der Waals surface area contributed by atoms with Crippen LogP contribution in [0.1, 0.15) is 28.4 Å². The van der Waals surface area contributed by atoms with Gasteiger partial charge in [-0.3, -0.25) is 4.79 Å². The zero-order chi connectivity index (χ0) is 13.7. The van der Waals surface area contributed by atoms with Gasteiger partial charge in [-0.25, -0.2) is 0 Å². The second-order valence-corrected chi connectivity index (χ2v) is 5.95. The smallest absolute Gasteiger partial charge is 0.192 e. The first-order valence-electron chi connectivity index (χ1n) is 6.49. The zero-order valence-electron chi connectivity index (χ0n) is 11.3. The second-order valence-electron chi connectivity index (χ2n) is 4.49. The summed E-state index contributed by atoms with van der Waals surface area (Å²) in [7, 11) is -0.830. The molecule has 0 saturated heterocycles. The molecule has 0 aliphatic heterocycles. The van der Waals surface area contributed by atoms with Crippen molar-refractivity contribution in [1.29, 1.82) is 0 Å². The molecule has 0 heterocycles. The van der Waals surface area contributed by atoms with Gasteiger partial charge in [-0.15, -0.1) is 0 Å². The van der Waals surface area contributed by atoms with Crippen LogP contribution in [0, 0.1) is 6.92 Å². The average Bonchev–Trinajstić information content (AvgIpc) is 2.45. The minimum atomic E-state index is -0.830. The topological polar surface area (TPSA) is 26.3 Å². The van der Waals surface area contributed by atoms with Crippen molar-refractivity contribution in [2.24, 2.45) is 0 Å². The lowest BCUT2D eigenvalue weighted by Gasteiger charge is -2.09. The van der Waals surface area contributed by atoms with Gasteiger partial charge in [0.1, 0.15) is 0 Å². The first-order valence-corrected chi connectivity index (χ1v) is 7.78. The summed E-state index contributed by atoms with van der Waals surface area (Å²) in [6, 6.07) is 15.4. The molecule has 98 valence electrons. The number of benzene rings is 2. The summed E-state index contributed by atoms with van der Waals surface area (Å²) in [6.45, 7) is 4.74. The van der Waals surface area contributed by atoms with E-state index in [4.69, 9.17) is 4.43 Å². The van der Waals surface area contributed by atoms with Gasteiger partial charge in [-0.1, -0.05) is 54.1 Å². The molecular formula is C16H18O2Si. The van der Waals surface area contributed by atoms with Gasteiger partial charge in [-0.2, -0.15) is 0 Å². The van der Waals surface area contributed by atoms with Crippen LogP contribution in [0.15, 0.2) is 48.5 Å². The van der Waals surface area contributed by atoms with Gasteiger partial charge in [0.15, 0.2) is 15.5 Å². The summed E-state index contributed by atoms with van der Waals surface area (Å²) in [4.78, 5) is 12.5. The van der Waals surface area contributed by atoms with Crippen LogP contribution < -0.4 is 5.19 Å². The lowest BCUT2D eigenvalue weighted by Crippen LogP contribution is -2.25. The third-order valence-corrected chi connectivity index (χ3v) is 4.51. The first kappa shape index (κ1) is 13.7. The Labute approximate surface area is 116 Å². The lowest BCUT2D eigenvalue weighted by atomic mass is 10.0. The van der Waals surface area contributed by atoms with E-state index in [-0.39, 0.29) is 5.78 Å². The Morgan fingerprint density at radius 2 is 1.89 bits per heavy atom. The normalized spacial score (nSPS) is 11.1. The van der Waals surface area contributed by atoms with Crippen LogP contribution in [0.3, 0.4) is 0 Å². The quantitative estimate of drug-likeness (QED) is 0.613. The molecule has 0 fully saturated rings. The molecule has 2 aromatic rings. The number of rotatable bonds is 5. The number of hydrogen-bond donors (Lipinski definition) is 0. The second kappa shape index (κ2) is 6.45. The SMILES string of the molecule is CCO[SiH2]c1cc(C)ccc1C(=O)c1ccccc1. The van der Waals surface area contributed by atoms with E-state index >= 15 is 0 Å². The number of aryl methyl sites for hydroxylation is 1. The number of hydrogen-bond acceptors (Lipinski definition) is 2. The van der Waals surface area contributed by atoms with Crippen LogP contribution in [-0.2, 0) is 4.43 Å². The highest BCUT2D eigenvalue weighted by molar-refractivity contribution is 6.50. The van der Waals surface area contributed by atoms with Gasteiger partial charge < -0.3 is 4.43 Å². The van der Waals surface area contributed by atoms with Crippen molar-refractivity contribution in [2.75, 3.05) is 6.61 Å². The predicted molar refractivity (Wildman–Crippen MR) is 80.9 cm³/mol. The van der Waals surface area contributed by atoms with Crippen molar-refractivity contribution < 1.29 is 9.22 Å². The van der Waals surface area contributed by atoms with Crippen molar-refractivity contribution >= 4 is 20.7 Å². The molecule has 3 heteroatoms. The molecule has 19 heavy (non-hydrogen) atoms. The molecular weight excluding hydrogens is 252 g/mol. The summed E-state index contributed by atoms with van der Waals surface area (Å²) in [6.07, 6.45) is 0. The molecule has 0 unspecified atom stereocenters. The fraction of sp³-hybridized carbons (Fsp3) is 0.188. The van der Waals surface area contributed by atoms with Gasteiger partial charge in [0.05, 0.1) is 0 Å². The van der Waals surface area contributed by atoms with Crippen molar-refractivity contribution in [3.8, 4) is 0 Å². The summed E-state index contributed by atoms with van der Waals surface area (Å²) in [5.41, 5.74) is 2.70. The van der Waals surface area contributed by atoms with Gasteiger partial charge in [0, 0.05) is 17.7 Å². The third-order valence-electron chi connectivity index (χ3n) is 3.00. The largest absolute Gasteiger partial charge is 0.419 e. The van der Waals surface area contributed by atoms with Crippen LogP contribution in [0.2, 0.25) is 0 Å². The summed E-state index contributed by atoms with van der Waals surface area (Å²) < 4.78 is 5.59. The van der Waals surface area contributed by atoms with E-state index in [1.54, 1.807) is 0 Å². The molecule has 0 atom stereocenters. The van der Waals surface area contributed by atoms with Crippen molar-refractivity contribution in [3.05, 3.63) is 65.2 Å². The zero-order valence-corrected chi connectivity index (χ0v) is 12.8. The van der Waals surface area contributed by atoms with Crippen LogP contribution in [0.5, 0.6) is 0 Å². The van der Waals surface area contributed by atoms with Gasteiger partial charge >= 0.3 is 0 Å². The minimum Gasteiger partial charge on any atom is -0.419 e. The molecule has 2 rings (SSSR count). The maximum absolute atomic E-state index is 12.5. The van der Waals surface area contributed by atoms with E-state index in [9.17, 15) is 4.79 Å². The third kappa shape index (κ3) is 3.40.